The normalized spacial score (nSPS) is 11.6. The molecule has 0 aliphatic heterocycles. The zero-order valence-corrected chi connectivity index (χ0v) is 22.5. The fourth-order valence-corrected chi connectivity index (χ4v) is 4.46. The highest BCUT2D eigenvalue weighted by Crippen LogP contribution is 2.37. The number of carboxylic acid groups (broad SMARTS) is 1. The lowest BCUT2D eigenvalue weighted by atomic mass is 10.1. The number of fused-ring (bicyclic) bond motifs is 1. The standard InChI is InChI=1S/C28H19ClF4N4O5/c1-14-34-20-11-19(30)21(12-23(20)42-14)36(2)26(38)16-4-3-5-17(10-16)37-22(24(29)25(35-37)28(31,32)33)13-41-18-8-6-15(7-9-18)27(39)40/h3-12H,13H2,1-2H3,(H,39,40). The number of aromatic carboxylic acids is 1. The number of hydrogen-bond acceptors (Lipinski definition) is 6. The van der Waals surface area contributed by atoms with Crippen LogP contribution in [0.2, 0.25) is 5.02 Å². The van der Waals surface area contributed by atoms with Crippen molar-refractivity contribution in [2.45, 2.75) is 19.7 Å². The molecule has 0 unspecified atom stereocenters. The van der Waals surface area contributed by atoms with Gasteiger partial charge in [-0.15, -0.1) is 0 Å². The van der Waals surface area contributed by atoms with Gasteiger partial charge in [-0.2, -0.15) is 18.3 Å². The third kappa shape index (κ3) is 5.50. The molecule has 0 aliphatic carbocycles. The predicted octanol–water partition coefficient (Wildman–Crippen LogP) is 6.69. The summed E-state index contributed by atoms with van der Waals surface area (Å²) in [6, 6.07) is 13.2. The van der Waals surface area contributed by atoms with Gasteiger partial charge in [-0.25, -0.2) is 18.9 Å². The van der Waals surface area contributed by atoms with Crippen molar-refractivity contribution < 1.29 is 41.4 Å². The van der Waals surface area contributed by atoms with E-state index in [1.54, 1.807) is 6.92 Å². The number of oxazole rings is 1. The van der Waals surface area contributed by atoms with E-state index < -0.39 is 41.2 Å². The highest BCUT2D eigenvalue weighted by Gasteiger charge is 2.39. The number of halogens is 5. The Morgan fingerprint density at radius 2 is 1.81 bits per heavy atom. The molecule has 0 atom stereocenters. The number of amides is 1. The number of carbonyl (C=O) groups excluding carboxylic acids is 1. The lowest BCUT2D eigenvalue weighted by Crippen LogP contribution is -2.27. The van der Waals surface area contributed by atoms with E-state index in [2.05, 4.69) is 10.1 Å². The van der Waals surface area contributed by atoms with Crippen LogP contribution in [0.5, 0.6) is 5.75 Å². The Bertz CT molecular complexity index is 1830. The molecule has 5 rings (SSSR count). The number of aromatic nitrogens is 3. The van der Waals surface area contributed by atoms with E-state index in [9.17, 15) is 27.2 Å². The van der Waals surface area contributed by atoms with E-state index in [1.165, 1.54) is 61.6 Å². The first-order valence-electron chi connectivity index (χ1n) is 12.1. The number of anilines is 1. The minimum absolute atomic E-state index is 0.00743. The molecule has 216 valence electrons. The van der Waals surface area contributed by atoms with E-state index in [1.807, 2.05) is 0 Å². The number of carboxylic acids is 1. The van der Waals surface area contributed by atoms with E-state index in [0.29, 0.717) is 5.89 Å². The van der Waals surface area contributed by atoms with Gasteiger partial charge < -0.3 is 19.2 Å². The number of benzene rings is 3. The van der Waals surface area contributed by atoms with Gasteiger partial charge >= 0.3 is 12.1 Å². The molecule has 0 radical (unpaired) electrons. The van der Waals surface area contributed by atoms with Gasteiger partial charge in [-0.3, -0.25) is 4.79 Å². The van der Waals surface area contributed by atoms with Gasteiger partial charge in [0.2, 0.25) is 0 Å². The SMILES string of the molecule is Cc1nc2cc(F)c(N(C)C(=O)c3cccc(-n4nc(C(F)(F)F)c(Cl)c4COc4ccc(C(=O)O)cc4)c3)cc2o1. The molecule has 9 nitrogen and oxygen atoms in total. The van der Waals surface area contributed by atoms with Crippen LogP contribution in [-0.4, -0.2) is 38.8 Å². The minimum atomic E-state index is -4.90. The van der Waals surface area contributed by atoms with E-state index in [0.717, 1.165) is 15.6 Å². The molecule has 2 aromatic heterocycles. The highest BCUT2D eigenvalue weighted by molar-refractivity contribution is 6.32. The number of alkyl halides is 3. The topological polar surface area (TPSA) is 111 Å². The quantitative estimate of drug-likeness (QED) is 0.207. The van der Waals surface area contributed by atoms with Crippen molar-refractivity contribution in [2.24, 2.45) is 0 Å². The fraction of sp³-hybridized carbons (Fsp3) is 0.143. The van der Waals surface area contributed by atoms with Gasteiger partial charge in [-0.1, -0.05) is 17.7 Å². The number of carbonyl (C=O) groups is 2. The molecule has 0 saturated heterocycles. The van der Waals surface area contributed by atoms with Crippen molar-refractivity contribution >= 4 is 40.3 Å². The average molecular weight is 603 g/mol. The maximum atomic E-state index is 14.8. The maximum Gasteiger partial charge on any atom is 0.436 e. The molecule has 3 aromatic carbocycles. The molecule has 1 N–H and O–H groups in total. The summed E-state index contributed by atoms with van der Waals surface area (Å²) in [4.78, 5) is 29.5. The Morgan fingerprint density at radius 1 is 1.10 bits per heavy atom. The predicted molar refractivity (Wildman–Crippen MR) is 143 cm³/mol. The second kappa shape index (κ2) is 10.8. The van der Waals surface area contributed by atoms with Crippen LogP contribution in [0.4, 0.5) is 23.2 Å². The molecule has 0 aliphatic rings. The van der Waals surface area contributed by atoms with E-state index >= 15 is 0 Å². The molecule has 0 bridgehead atoms. The van der Waals surface area contributed by atoms with Gasteiger partial charge in [-0.05, 0) is 42.5 Å². The first kappa shape index (κ1) is 28.6. The monoisotopic (exact) mass is 602 g/mol. The van der Waals surface area contributed by atoms with Crippen molar-refractivity contribution in [3.63, 3.8) is 0 Å². The van der Waals surface area contributed by atoms with Gasteiger partial charge in [0.25, 0.3) is 5.91 Å². The molecule has 42 heavy (non-hydrogen) atoms. The Hall–Kier alpha value is -4.91. The second-order valence-electron chi connectivity index (χ2n) is 9.06. The summed E-state index contributed by atoms with van der Waals surface area (Å²) in [5.41, 5.74) is -1.04. The van der Waals surface area contributed by atoms with Gasteiger partial charge in [0.05, 0.1) is 22.0 Å². The zero-order valence-electron chi connectivity index (χ0n) is 21.7. The van der Waals surface area contributed by atoms with Crippen LogP contribution in [0.25, 0.3) is 16.8 Å². The molecule has 1 amide bonds. The smallest absolute Gasteiger partial charge is 0.436 e. The summed E-state index contributed by atoms with van der Waals surface area (Å²) in [7, 11) is 1.34. The van der Waals surface area contributed by atoms with Crippen LogP contribution in [-0.2, 0) is 12.8 Å². The molecular formula is C28H19ClF4N4O5. The summed E-state index contributed by atoms with van der Waals surface area (Å²) < 4.78 is 67.9. The van der Waals surface area contributed by atoms with Crippen LogP contribution in [0.15, 0.2) is 65.1 Å². The lowest BCUT2D eigenvalue weighted by molar-refractivity contribution is -0.141. The fourth-order valence-electron chi connectivity index (χ4n) is 4.18. The molecule has 0 spiro atoms. The molecule has 14 heteroatoms. The summed E-state index contributed by atoms with van der Waals surface area (Å²) in [5, 5.41) is 12.0. The number of rotatable bonds is 7. The summed E-state index contributed by atoms with van der Waals surface area (Å²) >= 11 is 6.10. The number of hydrogen-bond donors (Lipinski definition) is 1. The van der Waals surface area contributed by atoms with Crippen LogP contribution in [0.3, 0.4) is 0 Å². The Balaban J connectivity index is 1.48. The lowest BCUT2D eigenvalue weighted by Gasteiger charge is -2.18. The number of aryl methyl sites for hydroxylation is 1. The van der Waals surface area contributed by atoms with E-state index in [4.69, 9.17) is 25.9 Å². The zero-order chi connectivity index (χ0) is 30.3. The van der Waals surface area contributed by atoms with Crippen LogP contribution in [0, 0.1) is 12.7 Å². The first-order valence-corrected chi connectivity index (χ1v) is 12.5. The Morgan fingerprint density at radius 3 is 2.48 bits per heavy atom. The Kier molecular flexibility index (Phi) is 7.37. The summed E-state index contributed by atoms with van der Waals surface area (Å²) in [6.45, 7) is 1.12. The molecule has 2 heterocycles. The van der Waals surface area contributed by atoms with Crippen molar-refractivity contribution in [1.82, 2.24) is 14.8 Å². The van der Waals surface area contributed by atoms with Crippen LogP contribution >= 0.6 is 11.6 Å². The molecule has 5 aromatic rings. The Labute approximate surface area is 239 Å². The average Bonchev–Trinajstić information content (AvgIpc) is 3.48. The number of ether oxygens (including phenoxy) is 1. The first-order chi connectivity index (χ1) is 19.8. The van der Waals surface area contributed by atoms with Crippen molar-refractivity contribution in [2.75, 3.05) is 11.9 Å². The number of nitrogens with zero attached hydrogens (tertiary/aromatic N) is 4. The molecule has 0 saturated carbocycles. The minimum Gasteiger partial charge on any atom is -0.487 e. The van der Waals surface area contributed by atoms with Gasteiger partial charge in [0, 0.05) is 31.7 Å². The van der Waals surface area contributed by atoms with Crippen LogP contribution < -0.4 is 9.64 Å². The highest BCUT2D eigenvalue weighted by atomic mass is 35.5. The summed E-state index contributed by atoms with van der Waals surface area (Å²) in [5.74, 6) is -2.07. The van der Waals surface area contributed by atoms with Crippen molar-refractivity contribution in [3.8, 4) is 11.4 Å². The second-order valence-corrected chi connectivity index (χ2v) is 9.43. The molecule has 0 fully saturated rings. The largest absolute Gasteiger partial charge is 0.487 e. The maximum absolute atomic E-state index is 14.8. The summed E-state index contributed by atoms with van der Waals surface area (Å²) in [6.07, 6.45) is -4.90. The van der Waals surface area contributed by atoms with Crippen LogP contribution in [0.1, 0.15) is 38.0 Å². The third-order valence-corrected chi connectivity index (χ3v) is 6.63. The molecular weight excluding hydrogens is 584 g/mol. The third-order valence-electron chi connectivity index (χ3n) is 6.23. The van der Waals surface area contributed by atoms with Gasteiger partial charge in [0.15, 0.2) is 17.2 Å². The van der Waals surface area contributed by atoms with Crippen molar-refractivity contribution in [1.29, 1.82) is 0 Å². The van der Waals surface area contributed by atoms with Crippen molar-refractivity contribution in [3.05, 3.63) is 99.9 Å². The van der Waals surface area contributed by atoms with E-state index in [-0.39, 0.29) is 45.0 Å². The van der Waals surface area contributed by atoms with Gasteiger partial charge in [0.1, 0.15) is 29.4 Å².